The summed E-state index contributed by atoms with van der Waals surface area (Å²) in [5.74, 6) is 1.54. The van der Waals surface area contributed by atoms with Gasteiger partial charge in [0.2, 0.25) is 0 Å². The first-order valence-electron chi connectivity index (χ1n) is 7.01. The number of aryl methyl sites for hydroxylation is 1. The van der Waals surface area contributed by atoms with Crippen molar-refractivity contribution in [3.63, 3.8) is 0 Å². The topological polar surface area (TPSA) is 9.23 Å². The van der Waals surface area contributed by atoms with Crippen molar-refractivity contribution < 1.29 is 4.74 Å². The summed E-state index contributed by atoms with van der Waals surface area (Å²) >= 11 is 6.73. The van der Waals surface area contributed by atoms with Gasteiger partial charge < -0.3 is 4.74 Å². The molecule has 0 amide bonds. The fraction of sp³-hybridized carbons (Fsp3) is 0.625. The Bertz CT molecular complexity index is 381. The molecule has 0 radical (unpaired) electrons. The molecule has 100 valence electrons. The van der Waals surface area contributed by atoms with Crippen LogP contribution in [0.25, 0.3) is 0 Å². The molecular weight excluding hydrogens is 244 g/mol. The molecule has 1 aromatic carbocycles. The van der Waals surface area contributed by atoms with Crippen molar-refractivity contribution in [1.29, 1.82) is 0 Å². The average molecular weight is 267 g/mol. The lowest BCUT2D eigenvalue weighted by atomic mass is 9.91. The first-order chi connectivity index (χ1) is 8.72. The van der Waals surface area contributed by atoms with Crippen LogP contribution in [-0.4, -0.2) is 7.11 Å². The second kappa shape index (κ2) is 6.47. The third-order valence-corrected chi connectivity index (χ3v) is 4.59. The minimum atomic E-state index is 0.0953. The summed E-state index contributed by atoms with van der Waals surface area (Å²) in [7, 11) is 1.73. The van der Waals surface area contributed by atoms with Crippen LogP contribution in [-0.2, 0) is 0 Å². The number of rotatable bonds is 3. The van der Waals surface area contributed by atoms with Crippen molar-refractivity contribution in [3.8, 4) is 5.75 Å². The Morgan fingerprint density at radius 2 is 1.83 bits per heavy atom. The van der Waals surface area contributed by atoms with Crippen LogP contribution in [0.15, 0.2) is 18.2 Å². The van der Waals surface area contributed by atoms with E-state index in [2.05, 4.69) is 19.1 Å². The van der Waals surface area contributed by atoms with Crippen molar-refractivity contribution in [2.24, 2.45) is 5.92 Å². The summed E-state index contributed by atoms with van der Waals surface area (Å²) in [6.07, 6.45) is 7.89. The highest BCUT2D eigenvalue weighted by atomic mass is 35.5. The maximum atomic E-state index is 6.73. The Morgan fingerprint density at radius 1 is 1.17 bits per heavy atom. The van der Waals surface area contributed by atoms with Crippen LogP contribution < -0.4 is 4.74 Å². The van der Waals surface area contributed by atoms with E-state index in [1.54, 1.807) is 7.11 Å². The molecule has 0 aliphatic heterocycles. The van der Waals surface area contributed by atoms with Crippen molar-refractivity contribution in [1.82, 2.24) is 0 Å². The molecule has 0 aromatic heterocycles. The Labute approximate surface area is 115 Å². The molecule has 0 bridgehead atoms. The summed E-state index contributed by atoms with van der Waals surface area (Å²) in [5.41, 5.74) is 2.43. The quantitative estimate of drug-likeness (QED) is 0.536. The monoisotopic (exact) mass is 266 g/mol. The van der Waals surface area contributed by atoms with Gasteiger partial charge in [-0.1, -0.05) is 43.4 Å². The van der Waals surface area contributed by atoms with Crippen LogP contribution in [0.4, 0.5) is 0 Å². The second-order valence-corrected chi connectivity index (χ2v) is 5.87. The van der Waals surface area contributed by atoms with Gasteiger partial charge in [0.15, 0.2) is 0 Å². The summed E-state index contributed by atoms with van der Waals surface area (Å²) in [6, 6.07) is 6.30. The normalized spacial score (nSPS) is 19.3. The number of hydrogen-bond acceptors (Lipinski definition) is 1. The molecule has 1 nitrogen and oxygen atoms in total. The van der Waals surface area contributed by atoms with Crippen molar-refractivity contribution in [2.45, 2.75) is 50.8 Å². The predicted octanol–water partition coefficient (Wildman–Crippen LogP) is 5.25. The molecule has 1 saturated carbocycles. The fourth-order valence-corrected chi connectivity index (χ4v) is 3.35. The van der Waals surface area contributed by atoms with Gasteiger partial charge in [0.05, 0.1) is 12.5 Å². The largest absolute Gasteiger partial charge is 0.496 e. The number of halogens is 1. The number of benzene rings is 1. The molecular formula is C16H23ClO. The highest BCUT2D eigenvalue weighted by molar-refractivity contribution is 6.21. The van der Waals surface area contributed by atoms with Crippen LogP contribution in [0.3, 0.4) is 0 Å². The predicted molar refractivity (Wildman–Crippen MR) is 77.5 cm³/mol. The standard InChI is InChI=1S/C16H23ClO/c1-12-9-10-15(18-2)14(11-12)16(17)13-7-5-3-4-6-8-13/h9-11,13,16H,3-8H2,1-2H3. The zero-order valence-electron chi connectivity index (χ0n) is 11.4. The van der Waals surface area contributed by atoms with Crippen LogP contribution in [0.5, 0.6) is 5.75 Å². The maximum absolute atomic E-state index is 6.73. The molecule has 1 atom stereocenters. The van der Waals surface area contributed by atoms with Gasteiger partial charge in [-0.2, -0.15) is 0 Å². The van der Waals surface area contributed by atoms with Gasteiger partial charge in [0.25, 0.3) is 0 Å². The van der Waals surface area contributed by atoms with E-state index >= 15 is 0 Å². The average Bonchev–Trinajstić information content (AvgIpc) is 2.66. The van der Waals surface area contributed by atoms with E-state index < -0.39 is 0 Å². The molecule has 0 spiro atoms. The summed E-state index contributed by atoms with van der Waals surface area (Å²) in [5, 5.41) is 0.0953. The van der Waals surface area contributed by atoms with Gasteiger partial charge in [0.1, 0.15) is 5.75 Å². The molecule has 1 fully saturated rings. The van der Waals surface area contributed by atoms with Gasteiger partial charge >= 0.3 is 0 Å². The van der Waals surface area contributed by atoms with Gasteiger partial charge in [-0.25, -0.2) is 0 Å². The van der Waals surface area contributed by atoms with Crippen molar-refractivity contribution >= 4 is 11.6 Å². The third-order valence-electron chi connectivity index (χ3n) is 4.00. The van der Waals surface area contributed by atoms with Gasteiger partial charge in [-0.15, -0.1) is 11.6 Å². The Balaban J connectivity index is 2.20. The van der Waals surface area contributed by atoms with Gasteiger partial charge in [-0.05, 0) is 31.7 Å². The molecule has 0 saturated heterocycles. The number of methoxy groups -OCH3 is 1. The SMILES string of the molecule is COc1ccc(C)cc1C(Cl)C1CCCCCC1. The first-order valence-corrected chi connectivity index (χ1v) is 7.44. The van der Waals surface area contributed by atoms with E-state index in [0.717, 1.165) is 5.75 Å². The molecule has 1 aliphatic rings. The fourth-order valence-electron chi connectivity index (χ4n) is 2.93. The van der Waals surface area contributed by atoms with Crippen LogP contribution in [0, 0.1) is 12.8 Å². The Kier molecular flexibility index (Phi) is 4.94. The zero-order chi connectivity index (χ0) is 13.0. The van der Waals surface area contributed by atoms with Crippen molar-refractivity contribution in [3.05, 3.63) is 29.3 Å². The lowest BCUT2D eigenvalue weighted by molar-refractivity contribution is 0.393. The van der Waals surface area contributed by atoms with Gasteiger partial charge in [0, 0.05) is 5.56 Å². The van der Waals surface area contributed by atoms with E-state index in [-0.39, 0.29) is 5.38 Å². The van der Waals surface area contributed by atoms with Crippen LogP contribution >= 0.6 is 11.6 Å². The molecule has 0 N–H and O–H groups in total. The zero-order valence-corrected chi connectivity index (χ0v) is 12.2. The minimum Gasteiger partial charge on any atom is -0.496 e. The van der Waals surface area contributed by atoms with E-state index in [1.165, 1.54) is 49.7 Å². The Hall–Kier alpha value is -0.690. The molecule has 2 heteroatoms. The highest BCUT2D eigenvalue weighted by Gasteiger charge is 2.24. The molecule has 18 heavy (non-hydrogen) atoms. The lowest BCUT2D eigenvalue weighted by Crippen LogP contribution is -2.08. The smallest absolute Gasteiger partial charge is 0.123 e. The summed E-state index contributed by atoms with van der Waals surface area (Å²) < 4.78 is 5.46. The first kappa shape index (κ1) is 13.7. The van der Waals surface area contributed by atoms with Gasteiger partial charge in [-0.3, -0.25) is 0 Å². The number of alkyl halides is 1. The van der Waals surface area contributed by atoms with E-state index in [0.29, 0.717) is 5.92 Å². The number of hydrogen-bond donors (Lipinski definition) is 0. The maximum Gasteiger partial charge on any atom is 0.123 e. The third kappa shape index (κ3) is 3.20. The Morgan fingerprint density at radius 3 is 2.44 bits per heavy atom. The lowest BCUT2D eigenvalue weighted by Gasteiger charge is -2.23. The summed E-state index contributed by atoms with van der Waals surface area (Å²) in [6.45, 7) is 2.11. The van der Waals surface area contributed by atoms with E-state index in [4.69, 9.17) is 16.3 Å². The number of ether oxygens (including phenoxy) is 1. The van der Waals surface area contributed by atoms with E-state index in [9.17, 15) is 0 Å². The second-order valence-electron chi connectivity index (χ2n) is 5.40. The van der Waals surface area contributed by atoms with Crippen molar-refractivity contribution in [2.75, 3.05) is 7.11 Å². The van der Waals surface area contributed by atoms with E-state index in [1.807, 2.05) is 6.07 Å². The van der Waals surface area contributed by atoms with Crippen LogP contribution in [0.1, 0.15) is 55.0 Å². The summed E-state index contributed by atoms with van der Waals surface area (Å²) in [4.78, 5) is 0. The molecule has 1 unspecified atom stereocenters. The molecule has 0 heterocycles. The minimum absolute atomic E-state index is 0.0953. The molecule has 1 aliphatic carbocycles. The molecule has 1 aromatic rings. The highest BCUT2D eigenvalue weighted by Crippen LogP contribution is 2.41. The van der Waals surface area contributed by atoms with Crippen LogP contribution in [0.2, 0.25) is 0 Å². The molecule has 2 rings (SSSR count).